The predicted octanol–water partition coefficient (Wildman–Crippen LogP) is 3.42. The average Bonchev–Trinajstić information content (AvgIpc) is 2.58. The summed E-state index contributed by atoms with van der Waals surface area (Å²) < 4.78 is 5.56. The third-order valence-electron chi connectivity index (χ3n) is 3.41. The van der Waals surface area contributed by atoms with Gasteiger partial charge in [0.2, 0.25) is 0 Å². The van der Waals surface area contributed by atoms with E-state index in [9.17, 15) is 0 Å². The van der Waals surface area contributed by atoms with E-state index in [4.69, 9.17) is 9.83 Å². The van der Waals surface area contributed by atoms with E-state index in [2.05, 4.69) is 17.9 Å². The molecule has 1 atom stereocenters. The topological polar surface area (TPSA) is 40.2 Å². The van der Waals surface area contributed by atoms with Crippen LogP contribution in [0.15, 0.2) is 10.5 Å². The highest BCUT2D eigenvalue weighted by atomic mass is 16.3. The van der Waals surface area contributed by atoms with Crippen LogP contribution in [-0.2, 0) is 0 Å². The zero-order valence-electron chi connectivity index (χ0n) is 10.3. The maximum absolute atomic E-state index is 8.00. The quantitative estimate of drug-likeness (QED) is 0.829. The molecule has 0 spiro atoms. The Kier molecular flexibility index (Phi) is 3.03. The molecule has 1 aliphatic heterocycles. The molecule has 16 heavy (non-hydrogen) atoms. The van der Waals surface area contributed by atoms with Crippen LogP contribution in [0.1, 0.15) is 49.3 Å². The number of furan rings is 1. The molecule has 1 aromatic rings. The molecule has 1 saturated heterocycles. The minimum Gasteiger partial charge on any atom is -0.466 e. The molecule has 0 radical (unpaired) electrons. The standard InChI is InChI=1S/C13H20N2O/c1-9-8-12(11(3)16-9)10(2)15-7-5-4-6-13(15)14/h8,10,14H,4-7H2,1-3H3. The van der Waals surface area contributed by atoms with Crippen molar-refractivity contribution in [3.05, 3.63) is 23.2 Å². The van der Waals surface area contributed by atoms with E-state index >= 15 is 0 Å². The number of nitrogens with zero attached hydrogens (tertiary/aromatic N) is 1. The van der Waals surface area contributed by atoms with Gasteiger partial charge in [-0.3, -0.25) is 5.41 Å². The van der Waals surface area contributed by atoms with E-state index < -0.39 is 0 Å². The number of aryl methyl sites for hydroxylation is 2. The zero-order valence-corrected chi connectivity index (χ0v) is 10.3. The lowest BCUT2D eigenvalue weighted by Gasteiger charge is -2.34. The van der Waals surface area contributed by atoms with E-state index in [1.54, 1.807) is 0 Å². The zero-order chi connectivity index (χ0) is 11.7. The fourth-order valence-corrected chi connectivity index (χ4v) is 2.51. The Morgan fingerprint density at radius 1 is 1.38 bits per heavy atom. The Morgan fingerprint density at radius 2 is 2.12 bits per heavy atom. The highest BCUT2D eigenvalue weighted by Gasteiger charge is 2.24. The van der Waals surface area contributed by atoms with Gasteiger partial charge in [-0.25, -0.2) is 0 Å². The van der Waals surface area contributed by atoms with Crippen molar-refractivity contribution in [1.82, 2.24) is 4.90 Å². The second kappa shape index (κ2) is 4.32. The van der Waals surface area contributed by atoms with Crippen LogP contribution in [0.4, 0.5) is 0 Å². The largest absolute Gasteiger partial charge is 0.466 e. The first-order chi connectivity index (χ1) is 7.59. The Bertz CT molecular complexity index is 395. The molecule has 3 heteroatoms. The molecule has 2 rings (SSSR count). The van der Waals surface area contributed by atoms with Gasteiger partial charge in [-0.15, -0.1) is 0 Å². The Balaban J connectivity index is 2.20. The van der Waals surface area contributed by atoms with Gasteiger partial charge in [0.15, 0.2) is 0 Å². The van der Waals surface area contributed by atoms with Crippen molar-refractivity contribution in [2.24, 2.45) is 0 Å². The molecule has 1 aliphatic rings. The van der Waals surface area contributed by atoms with Crippen molar-refractivity contribution in [2.75, 3.05) is 6.54 Å². The molecular formula is C13H20N2O. The number of amidine groups is 1. The van der Waals surface area contributed by atoms with Crippen LogP contribution in [0.3, 0.4) is 0 Å². The van der Waals surface area contributed by atoms with Crippen molar-refractivity contribution in [3.63, 3.8) is 0 Å². The van der Waals surface area contributed by atoms with Gasteiger partial charge in [0.05, 0.1) is 11.9 Å². The number of rotatable bonds is 2. The number of nitrogens with one attached hydrogen (secondary N) is 1. The van der Waals surface area contributed by atoms with Crippen LogP contribution in [0.25, 0.3) is 0 Å². The first kappa shape index (κ1) is 11.2. The molecule has 2 heterocycles. The third-order valence-corrected chi connectivity index (χ3v) is 3.41. The summed E-state index contributed by atoms with van der Waals surface area (Å²) in [5.74, 6) is 2.73. The number of likely N-dealkylation sites (tertiary alicyclic amines) is 1. The number of piperidine rings is 1. The lowest BCUT2D eigenvalue weighted by Crippen LogP contribution is -2.36. The van der Waals surface area contributed by atoms with Gasteiger partial charge in [0, 0.05) is 18.5 Å². The minimum atomic E-state index is 0.269. The van der Waals surface area contributed by atoms with Crippen LogP contribution in [0.2, 0.25) is 0 Å². The second-order valence-electron chi connectivity index (χ2n) is 4.64. The van der Waals surface area contributed by atoms with Gasteiger partial charge in [-0.05, 0) is 39.7 Å². The van der Waals surface area contributed by atoms with Gasteiger partial charge >= 0.3 is 0 Å². The van der Waals surface area contributed by atoms with E-state index in [-0.39, 0.29) is 6.04 Å². The number of hydrogen-bond acceptors (Lipinski definition) is 2. The fraction of sp³-hybridized carbons (Fsp3) is 0.615. The summed E-state index contributed by atoms with van der Waals surface area (Å²) in [7, 11) is 0. The average molecular weight is 220 g/mol. The summed E-state index contributed by atoms with van der Waals surface area (Å²) >= 11 is 0. The van der Waals surface area contributed by atoms with Gasteiger partial charge in [0.25, 0.3) is 0 Å². The Morgan fingerprint density at radius 3 is 2.69 bits per heavy atom. The highest BCUT2D eigenvalue weighted by molar-refractivity contribution is 5.80. The van der Waals surface area contributed by atoms with Gasteiger partial charge in [-0.2, -0.15) is 0 Å². The molecule has 88 valence electrons. The van der Waals surface area contributed by atoms with E-state index in [0.717, 1.165) is 36.7 Å². The Labute approximate surface area is 96.9 Å². The van der Waals surface area contributed by atoms with Crippen LogP contribution >= 0.6 is 0 Å². The van der Waals surface area contributed by atoms with Crippen molar-refractivity contribution < 1.29 is 4.42 Å². The molecule has 0 bridgehead atoms. The molecular weight excluding hydrogens is 200 g/mol. The van der Waals surface area contributed by atoms with Gasteiger partial charge < -0.3 is 9.32 Å². The molecule has 0 amide bonds. The molecule has 1 fully saturated rings. The lowest BCUT2D eigenvalue weighted by atomic mass is 10.0. The first-order valence-electron chi connectivity index (χ1n) is 6.00. The molecule has 0 aliphatic carbocycles. The molecule has 3 nitrogen and oxygen atoms in total. The smallest absolute Gasteiger partial charge is 0.106 e. The summed E-state index contributed by atoms with van der Waals surface area (Å²) in [5, 5.41) is 8.00. The first-order valence-corrected chi connectivity index (χ1v) is 6.00. The number of hydrogen-bond donors (Lipinski definition) is 1. The van der Waals surface area contributed by atoms with Crippen molar-refractivity contribution in [1.29, 1.82) is 5.41 Å². The third kappa shape index (κ3) is 1.99. The molecule has 0 saturated carbocycles. The molecule has 1 unspecified atom stereocenters. The monoisotopic (exact) mass is 220 g/mol. The highest BCUT2D eigenvalue weighted by Crippen LogP contribution is 2.29. The Hall–Kier alpha value is -1.25. The van der Waals surface area contributed by atoms with Crippen LogP contribution < -0.4 is 0 Å². The predicted molar refractivity (Wildman–Crippen MR) is 64.9 cm³/mol. The van der Waals surface area contributed by atoms with Crippen molar-refractivity contribution >= 4 is 5.84 Å². The summed E-state index contributed by atoms with van der Waals surface area (Å²) in [6.45, 7) is 7.15. The van der Waals surface area contributed by atoms with Crippen LogP contribution in [0, 0.1) is 19.3 Å². The lowest BCUT2D eigenvalue weighted by molar-refractivity contribution is 0.296. The second-order valence-corrected chi connectivity index (χ2v) is 4.64. The normalized spacial score (nSPS) is 18.9. The van der Waals surface area contributed by atoms with Crippen molar-refractivity contribution in [2.45, 2.75) is 46.1 Å². The molecule has 0 aromatic carbocycles. The van der Waals surface area contributed by atoms with E-state index in [0.29, 0.717) is 0 Å². The van der Waals surface area contributed by atoms with Crippen LogP contribution in [0.5, 0.6) is 0 Å². The maximum atomic E-state index is 8.00. The maximum Gasteiger partial charge on any atom is 0.106 e. The minimum absolute atomic E-state index is 0.269. The van der Waals surface area contributed by atoms with Crippen LogP contribution in [-0.4, -0.2) is 17.3 Å². The van der Waals surface area contributed by atoms with Crippen molar-refractivity contribution in [3.8, 4) is 0 Å². The summed E-state index contributed by atoms with van der Waals surface area (Å²) in [4.78, 5) is 2.20. The van der Waals surface area contributed by atoms with E-state index in [1.165, 1.54) is 12.0 Å². The fourth-order valence-electron chi connectivity index (χ4n) is 2.51. The molecule has 1 aromatic heterocycles. The molecule has 1 N–H and O–H groups in total. The summed E-state index contributed by atoms with van der Waals surface area (Å²) in [6.07, 6.45) is 3.27. The summed E-state index contributed by atoms with van der Waals surface area (Å²) in [5.41, 5.74) is 1.23. The summed E-state index contributed by atoms with van der Waals surface area (Å²) in [6, 6.07) is 2.37. The SMILES string of the molecule is Cc1cc(C(C)N2CCCCC2=N)c(C)o1. The van der Waals surface area contributed by atoms with Gasteiger partial charge in [0.1, 0.15) is 11.5 Å². The van der Waals surface area contributed by atoms with Gasteiger partial charge in [-0.1, -0.05) is 0 Å². The van der Waals surface area contributed by atoms with E-state index in [1.807, 2.05) is 13.8 Å².